The first-order valence-electron chi connectivity index (χ1n) is 4.04. The lowest BCUT2D eigenvalue weighted by molar-refractivity contribution is 0.112. The summed E-state index contributed by atoms with van der Waals surface area (Å²) < 4.78 is 0.986. The quantitative estimate of drug-likeness (QED) is 0.481. The number of nitrogens with two attached hydrogens (primary N) is 1. The van der Waals surface area contributed by atoms with E-state index in [-0.39, 0.29) is 18.2 Å². The largest absolute Gasteiger partial charge is 0.383 e. The molecule has 0 saturated carbocycles. The number of benzene rings is 1. The molecule has 1 aromatic carbocycles. The molecule has 15 heavy (non-hydrogen) atoms. The van der Waals surface area contributed by atoms with Crippen LogP contribution in [0, 0.1) is 5.41 Å². The van der Waals surface area contributed by atoms with Crippen molar-refractivity contribution in [2.75, 3.05) is 0 Å². The van der Waals surface area contributed by atoms with E-state index >= 15 is 0 Å². The molecule has 2 rings (SSSR count). The van der Waals surface area contributed by atoms with Crippen LogP contribution in [0.5, 0.6) is 0 Å². The van der Waals surface area contributed by atoms with E-state index in [1.54, 1.807) is 12.1 Å². The predicted molar refractivity (Wildman–Crippen MR) is 65.5 cm³/mol. The van der Waals surface area contributed by atoms with Crippen molar-refractivity contribution < 1.29 is 4.79 Å². The summed E-state index contributed by atoms with van der Waals surface area (Å²) in [6.07, 6.45) is 0.818. The predicted octanol–water partition coefficient (Wildman–Crippen LogP) is 2.42. The van der Waals surface area contributed by atoms with Gasteiger partial charge in [-0.1, -0.05) is 12.1 Å². The maximum absolute atomic E-state index is 10.7. The highest BCUT2D eigenvalue weighted by Crippen LogP contribution is 2.27. The van der Waals surface area contributed by atoms with Crippen LogP contribution in [-0.4, -0.2) is 12.1 Å². The Morgan fingerprint density at radius 2 is 2.20 bits per heavy atom. The summed E-state index contributed by atoms with van der Waals surface area (Å²) in [5.41, 5.74) is 6.02. The van der Waals surface area contributed by atoms with Crippen LogP contribution in [0.25, 0.3) is 10.1 Å². The van der Waals surface area contributed by atoms with Gasteiger partial charge in [0.25, 0.3) is 0 Å². The summed E-state index contributed by atoms with van der Waals surface area (Å²) in [6, 6.07) is 7.28. The van der Waals surface area contributed by atoms with Crippen molar-refractivity contribution in [2.45, 2.75) is 0 Å². The smallest absolute Gasteiger partial charge is 0.150 e. The minimum absolute atomic E-state index is 0. The van der Waals surface area contributed by atoms with Crippen LogP contribution >= 0.6 is 23.7 Å². The number of carbonyl (C=O) groups excluding carboxylic acids is 1. The molecule has 0 saturated heterocycles. The third-order valence-corrected chi connectivity index (χ3v) is 3.12. The van der Waals surface area contributed by atoms with E-state index in [2.05, 4.69) is 0 Å². The SMILES string of the molecule is Cl.N=C(N)c1cc2c(C=O)cccc2s1. The molecule has 0 aliphatic heterocycles. The molecule has 2 aromatic rings. The van der Waals surface area contributed by atoms with Gasteiger partial charge in [0, 0.05) is 15.6 Å². The molecule has 1 heterocycles. The van der Waals surface area contributed by atoms with Crippen LogP contribution in [0.15, 0.2) is 24.3 Å². The molecule has 0 fully saturated rings. The Morgan fingerprint density at radius 3 is 2.80 bits per heavy atom. The van der Waals surface area contributed by atoms with Crippen LogP contribution in [0.3, 0.4) is 0 Å². The van der Waals surface area contributed by atoms with E-state index in [1.807, 2.05) is 12.1 Å². The molecular weight excluding hydrogens is 232 g/mol. The lowest BCUT2D eigenvalue weighted by Crippen LogP contribution is -2.08. The van der Waals surface area contributed by atoms with Gasteiger partial charge in [-0.2, -0.15) is 0 Å². The highest BCUT2D eigenvalue weighted by Gasteiger charge is 2.06. The van der Waals surface area contributed by atoms with Crippen molar-refractivity contribution >= 4 is 46.0 Å². The van der Waals surface area contributed by atoms with E-state index in [1.165, 1.54) is 11.3 Å². The van der Waals surface area contributed by atoms with Crippen molar-refractivity contribution in [2.24, 2.45) is 5.73 Å². The first-order chi connectivity index (χ1) is 6.72. The monoisotopic (exact) mass is 240 g/mol. The van der Waals surface area contributed by atoms with Gasteiger partial charge in [0.05, 0.1) is 4.88 Å². The Bertz CT molecular complexity index is 521. The second-order valence-corrected chi connectivity index (χ2v) is 3.99. The fourth-order valence-corrected chi connectivity index (χ4v) is 2.28. The number of nitrogens with one attached hydrogen (secondary N) is 1. The summed E-state index contributed by atoms with van der Waals surface area (Å²) in [5, 5.41) is 8.17. The fourth-order valence-electron chi connectivity index (χ4n) is 1.32. The van der Waals surface area contributed by atoms with Gasteiger partial charge in [0.2, 0.25) is 0 Å². The number of halogens is 1. The molecule has 0 spiro atoms. The number of hydrogen-bond donors (Lipinski definition) is 2. The fraction of sp³-hybridized carbons (Fsp3) is 0. The van der Waals surface area contributed by atoms with Crippen LogP contribution in [0.1, 0.15) is 15.2 Å². The minimum atomic E-state index is 0. The second kappa shape index (κ2) is 4.42. The van der Waals surface area contributed by atoms with E-state index in [9.17, 15) is 4.79 Å². The zero-order valence-corrected chi connectivity index (χ0v) is 9.32. The van der Waals surface area contributed by atoms with E-state index in [0.717, 1.165) is 16.4 Å². The Balaban J connectivity index is 0.00000112. The van der Waals surface area contributed by atoms with Gasteiger partial charge in [-0.15, -0.1) is 23.7 Å². The van der Waals surface area contributed by atoms with Crippen LogP contribution in [0.4, 0.5) is 0 Å². The van der Waals surface area contributed by atoms with Crippen LogP contribution in [0.2, 0.25) is 0 Å². The van der Waals surface area contributed by atoms with Gasteiger partial charge in [-0.05, 0) is 12.1 Å². The van der Waals surface area contributed by atoms with Crippen LogP contribution < -0.4 is 5.73 Å². The number of amidine groups is 1. The molecule has 5 heteroatoms. The summed E-state index contributed by atoms with van der Waals surface area (Å²) >= 11 is 1.43. The maximum Gasteiger partial charge on any atom is 0.150 e. The molecule has 0 aliphatic carbocycles. The van der Waals surface area contributed by atoms with Crippen molar-refractivity contribution in [1.29, 1.82) is 5.41 Å². The number of nitrogen functional groups attached to an aromatic ring is 1. The van der Waals surface area contributed by atoms with Gasteiger partial charge in [-0.3, -0.25) is 10.2 Å². The van der Waals surface area contributed by atoms with Crippen molar-refractivity contribution in [3.63, 3.8) is 0 Å². The molecular formula is C10H9ClN2OS. The summed E-state index contributed by atoms with van der Waals surface area (Å²) in [6.45, 7) is 0. The molecule has 0 bridgehead atoms. The Morgan fingerprint density at radius 1 is 1.47 bits per heavy atom. The lowest BCUT2D eigenvalue weighted by Gasteiger charge is -1.90. The Kier molecular flexibility index (Phi) is 3.44. The molecule has 0 amide bonds. The molecule has 3 nitrogen and oxygen atoms in total. The standard InChI is InChI=1S/C10H8N2OS.ClH/c11-10(12)9-4-7-6(5-13)2-1-3-8(7)14-9;/h1-5H,(H3,11,12);1H. The summed E-state index contributed by atoms with van der Waals surface area (Å²) in [5.74, 6) is 0.0445. The third-order valence-electron chi connectivity index (χ3n) is 1.99. The first-order valence-corrected chi connectivity index (χ1v) is 4.86. The molecule has 0 radical (unpaired) electrons. The number of thiophene rings is 1. The second-order valence-electron chi connectivity index (χ2n) is 2.90. The molecule has 0 aliphatic rings. The summed E-state index contributed by atoms with van der Waals surface area (Å²) in [7, 11) is 0. The highest BCUT2D eigenvalue weighted by atomic mass is 35.5. The van der Waals surface area contributed by atoms with Gasteiger partial charge in [-0.25, -0.2) is 0 Å². The zero-order valence-electron chi connectivity index (χ0n) is 7.69. The Labute approximate surface area is 96.8 Å². The normalized spacial score (nSPS) is 9.60. The first kappa shape index (κ1) is 11.7. The van der Waals surface area contributed by atoms with E-state index in [4.69, 9.17) is 11.1 Å². The average Bonchev–Trinajstić information content (AvgIpc) is 2.60. The van der Waals surface area contributed by atoms with E-state index in [0.29, 0.717) is 10.4 Å². The van der Waals surface area contributed by atoms with Gasteiger partial charge in [0.1, 0.15) is 5.84 Å². The number of carbonyl (C=O) groups is 1. The van der Waals surface area contributed by atoms with Crippen molar-refractivity contribution in [3.05, 3.63) is 34.7 Å². The highest BCUT2D eigenvalue weighted by molar-refractivity contribution is 7.20. The van der Waals surface area contributed by atoms with Crippen LogP contribution in [-0.2, 0) is 0 Å². The number of aldehydes is 1. The number of fused-ring (bicyclic) bond motifs is 1. The molecule has 1 aromatic heterocycles. The zero-order chi connectivity index (χ0) is 10.1. The van der Waals surface area contributed by atoms with Crippen molar-refractivity contribution in [1.82, 2.24) is 0 Å². The number of hydrogen-bond acceptors (Lipinski definition) is 3. The Hall–Kier alpha value is -1.39. The number of rotatable bonds is 2. The molecule has 0 atom stereocenters. The maximum atomic E-state index is 10.7. The van der Waals surface area contributed by atoms with Gasteiger partial charge in [0.15, 0.2) is 6.29 Å². The molecule has 78 valence electrons. The average molecular weight is 241 g/mol. The van der Waals surface area contributed by atoms with E-state index < -0.39 is 0 Å². The third kappa shape index (κ3) is 2.00. The van der Waals surface area contributed by atoms with Crippen molar-refractivity contribution in [3.8, 4) is 0 Å². The lowest BCUT2D eigenvalue weighted by atomic mass is 10.1. The summed E-state index contributed by atoms with van der Waals surface area (Å²) in [4.78, 5) is 11.4. The topological polar surface area (TPSA) is 66.9 Å². The molecule has 0 unspecified atom stereocenters. The molecule has 3 N–H and O–H groups in total. The van der Waals surface area contributed by atoms with Gasteiger partial charge >= 0.3 is 0 Å². The minimum Gasteiger partial charge on any atom is -0.383 e. The van der Waals surface area contributed by atoms with Gasteiger partial charge < -0.3 is 5.73 Å².